The summed E-state index contributed by atoms with van der Waals surface area (Å²) >= 11 is 0.554. The fourth-order valence-electron chi connectivity index (χ4n) is 2.38. The number of hydrogen-bond acceptors (Lipinski definition) is 3. The maximum absolute atomic E-state index is 14.4. The predicted molar refractivity (Wildman–Crippen MR) is 88.8 cm³/mol. The average molecular weight is 368 g/mol. The number of thioether (sulfide) groups is 1. The molecule has 2 aromatic carbocycles. The van der Waals surface area contributed by atoms with Crippen LogP contribution in [-0.2, 0) is 0 Å². The lowest BCUT2D eigenvalue weighted by molar-refractivity contribution is -0.105. The average Bonchev–Trinajstić information content (AvgIpc) is 2.54. The number of aromatic nitrogens is 2. The van der Waals surface area contributed by atoms with Gasteiger partial charge in [-0.15, -0.1) is 11.8 Å². The van der Waals surface area contributed by atoms with Gasteiger partial charge in [-0.2, -0.15) is 13.2 Å². The molecule has 1 heterocycles. The van der Waals surface area contributed by atoms with E-state index in [-0.39, 0.29) is 10.6 Å². The minimum absolute atomic E-state index is 0.126. The van der Waals surface area contributed by atoms with Gasteiger partial charge in [0, 0.05) is 4.90 Å². The van der Waals surface area contributed by atoms with Crippen molar-refractivity contribution in [2.75, 3.05) is 5.75 Å². The Kier molecular flexibility index (Phi) is 4.55. The summed E-state index contributed by atoms with van der Waals surface area (Å²) in [5, 5.41) is 0.300. The number of nitrogens with zero attached hydrogens (tertiary/aromatic N) is 2. The lowest BCUT2D eigenvalue weighted by Gasteiger charge is -2.13. The van der Waals surface area contributed by atoms with Gasteiger partial charge in [0.1, 0.15) is 12.1 Å². The van der Waals surface area contributed by atoms with E-state index in [9.17, 15) is 22.4 Å². The summed E-state index contributed by atoms with van der Waals surface area (Å²) in [6.45, 7) is 1.52. The molecule has 0 unspecified atom stereocenters. The maximum Gasteiger partial charge on any atom is 0.398 e. The molecule has 0 saturated heterocycles. The topological polar surface area (TPSA) is 34.9 Å². The molecule has 130 valence electrons. The van der Waals surface area contributed by atoms with Crippen LogP contribution in [-0.4, -0.2) is 21.5 Å². The highest BCUT2D eigenvalue weighted by atomic mass is 32.2. The molecule has 0 spiro atoms. The molecule has 0 aliphatic carbocycles. The molecular formula is C17H12F4N2OS. The Morgan fingerprint density at radius 2 is 1.92 bits per heavy atom. The van der Waals surface area contributed by atoms with Gasteiger partial charge in [-0.25, -0.2) is 9.37 Å². The van der Waals surface area contributed by atoms with Crippen molar-refractivity contribution in [1.82, 2.24) is 9.55 Å². The zero-order chi connectivity index (χ0) is 18.2. The molecule has 0 N–H and O–H groups in total. The van der Waals surface area contributed by atoms with Gasteiger partial charge in [0.2, 0.25) is 0 Å². The summed E-state index contributed by atoms with van der Waals surface area (Å²) in [6.07, 6.45) is -3.16. The molecule has 0 bridgehead atoms. The molecule has 1 aromatic heterocycles. The zero-order valence-electron chi connectivity index (χ0n) is 13.0. The van der Waals surface area contributed by atoms with Crippen LogP contribution in [0.25, 0.3) is 16.6 Å². The molecule has 3 rings (SSSR count). The van der Waals surface area contributed by atoms with Gasteiger partial charge in [0.25, 0.3) is 5.56 Å². The monoisotopic (exact) mass is 368 g/mol. The normalized spacial score (nSPS) is 11.9. The van der Waals surface area contributed by atoms with Crippen LogP contribution < -0.4 is 5.56 Å². The van der Waals surface area contributed by atoms with E-state index in [0.717, 1.165) is 10.6 Å². The number of alkyl halides is 3. The van der Waals surface area contributed by atoms with Crippen LogP contribution in [0.5, 0.6) is 0 Å². The van der Waals surface area contributed by atoms with Crippen molar-refractivity contribution >= 4 is 22.7 Å². The van der Waals surface area contributed by atoms with Crippen LogP contribution in [0.2, 0.25) is 0 Å². The van der Waals surface area contributed by atoms with Gasteiger partial charge in [0.15, 0.2) is 0 Å². The van der Waals surface area contributed by atoms with Crippen molar-refractivity contribution in [3.8, 4) is 5.69 Å². The Morgan fingerprint density at radius 1 is 1.20 bits per heavy atom. The molecule has 0 fully saturated rings. The van der Waals surface area contributed by atoms with E-state index in [1.54, 1.807) is 24.3 Å². The van der Waals surface area contributed by atoms with Crippen LogP contribution in [0, 0.1) is 12.7 Å². The zero-order valence-corrected chi connectivity index (χ0v) is 13.8. The largest absolute Gasteiger partial charge is 0.398 e. The summed E-state index contributed by atoms with van der Waals surface area (Å²) in [6, 6.07) is 8.96. The van der Waals surface area contributed by atoms with E-state index in [1.807, 2.05) is 0 Å². The Balaban J connectivity index is 2.11. The number of benzene rings is 2. The summed E-state index contributed by atoms with van der Waals surface area (Å²) in [4.78, 5) is 16.9. The molecule has 25 heavy (non-hydrogen) atoms. The molecule has 3 aromatic rings. The lowest BCUT2D eigenvalue weighted by atomic mass is 10.2. The SMILES string of the molecule is Cc1cc(F)c(-n2cnc3ccccc3c2=O)cc1SCC(F)(F)F. The van der Waals surface area contributed by atoms with Crippen LogP contribution in [0.15, 0.2) is 52.4 Å². The Hall–Kier alpha value is -2.35. The standard InChI is InChI=1S/C17H12F4N2OS/c1-10-6-12(18)14(7-15(10)25-8-17(19,20)21)23-9-22-13-5-3-2-4-11(13)16(23)24/h2-7,9H,8H2,1H3. The van der Waals surface area contributed by atoms with Crippen molar-refractivity contribution in [1.29, 1.82) is 0 Å². The number of rotatable bonds is 3. The molecule has 0 amide bonds. The summed E-state index contributed by atoms with van der Waals surface area (Å²) in [5.74, 6) is -1.79. The number of aryl methyl sites for hydroxylation is 1. The molecule has 0 saturated carbocycles. The first kappa shape index (κ1) is 17.5. The highest BCUT2D eigenvalue weighted by molar-refractivity contribution is 7.99. The van der Waals surface area contributed by atoms with Gasteiger partial charge in [0.05, 0.1) is 22.3 Å². The third-order valence-electron chi connectivity index (χ3n) is 3.56. The Bertz CT molecular complexity index is 998. The second-order valence-electron chi connectivity index (χ2n) is 5.41. The third-order valence-corrected chi connectivity index (χ3v) is 4.78. The summed E-state index contributed by atoms with van der Waals surface area (Å²) < 4.78 is 52.7. The van der Waals surface area contributed by atoms with Crippen molar-refractivity contribution in [2.45, 2.75) is 18.0 Å². The van der Waals surface area contributed by atoms with Crippen LogP contribution in [0.3, 0.4) is 0 Å². The molecule has 3 nitrogen and oxygen atoms in total. The Labute approximate surface area is 144 Å². The fourth-order valence-corrected chi connectivity index (χ4v) is 3.18. The van der Waals surface area contributed by atoms with Crippen LogP contribution in [0.4, 0.5) is 17.6 Å². The number of halogens is 4. The second kappa shape index (κ2) is 6.51. The molecular weight excluding hydrogens is 356 g/mol. The van der Waals surface area contributed by atoms with Crippen molar-refractivity contribution in [2.24, 2.45) is 0 Å². The van der Waals surface area contributed by atoms with Crippen molar-refractivity contribution in [3.05, 3.63) is 64.5 Å². The first-order chi connectivity index (χ1) is 11.8. The van der Waals surface area contributed by atoms with Gasteiger partial charge < -0.3 is 0 Å². The van der Waals surface area contributed by atoms with E-state index < -0.39 is 23.3 Å². The first-order valence-electron chi connectivity index (χ1n) is 7.23. The highest BCUT2D eigenvalue weighted by Crippen LogP contribution is 2.31. The number of para-hydroxylation sites is 1. The van der Waals surface area contributed by atoms with E-state index >= 15 is 0 Å². The molecule has 8 heteroatoms. The summed E-state index contributed by atoms with van der Waals surface area (Å²) in [5.41, 5.74) is 0.221. The minimum Gasteiger partial charge on any atom is -0.268 e. The summed E-state index contributed by atoms with van der Waals surface area (Å²) in [7, 11) is 0. The lowest BCUT2D eigenvalue weighted by Crippen LogP contribution is -2.20. The molecule has 0 aliphatic rings. The van der Waals surface area contributed by atoms with E-state index in [0.29, 0.717) is 28.2 Å². The second-order valence-corrected chi connectivity index (χ2v) is 6.43. The molecule has 0 radical (unpaired) electrons. The van der Waals surface area contributed by atoms with Gasteiger partial charge in [-0.1, -0.05) is 12.1 Å². The van der Waals surface area contributed by atoms with Gasteiger partial charge >= 0.3 is 6.18 Å². The van der Waals surface area contributed by atoms with Gasteiger partial charge in [-0.3, -0.25) is 9.36 Å². The van der Waals surface area contributed by atoms with E-state index in [2.05, 4.69) is 4.98 Å². The number of hydrogen-bond donors (Lipinski definition) is 0. The molecule has 0 aliphatic heterocycles. The quantitative estimate of drug-likeness (QED) is 0.505. The van der Waals surface area contributed by atoms with Gasteiger partial charge in [-0.05, 0) is 36.8 Å². The fraction of sp³-hybridized carbons (Fsp3) is 0.176. The smallest absolute Gasteiger partial charge is 0.268 e. The predicted octanol–water partition coefficient (Wildman–Crippen LogP) is 4.49. The third kappa shape index (κ3) is 3.68. The molecule has 0 atom stereocenters. The first-order valence-corrected chi connectivity index (χ1v) is 8.21. The maximum atomic E-state index is 14.4. The number of fused-ring (bicyclic) bond motifs is 1. The van der Waals surface area contributed by atoms with Crippen molar-refractivity contribution < 1.29 is 17.6 Å². The van der Waals surface area contributed by atoms with E-state index in [1.165, 1.54) is 19.3 Å². The van der Waals surface area contributed by atoms with E-state index in [4.69, 9.17) is 0 Å². The van der Waals surface area contributed by atoms with Crippen LogP contribution >= 0.6 is 11.8 Å². The van der Waals surface area contributed by atoms with Crippen molar-refractivity contribution in [3.63, 3.8) is 0 Å². The highest BCUT2D eigenvalue weighted by Gasteiger charge is 2.28. The Morgan fingerprint density at radius 3 is 2.64 bits per heavy atom. The van der Waals surface area contributed by atoms with Crippen LogP contribution in [0.1, 0.15) is 5.56 Å². The minimum atomic E-state index is -4.34.